The lowest BCUT2D eigenvalue weighted by molar-refractivity contribution is -0.276. The lowest BCUT2D eigenvalue weighted by Crippen LogP contribution is -2.44. The number of aliphatic hydroxyl groups excluding tert-OH is 2. The molecule has 0 bridgehead atoms. The van der Waals surface area contributed by atoms with Crippen molar-refractivity contribution >= 4 is 11.8 Å². The van der Waals surface area contributed by atoms with Crippen LogP contribution >= 0.6 is 0 Å². The molecular formula is C38H49N3O6. The van der Waals surface area contributed by atoms with Crippen LogP contribution in [-0.4, -0.2) is 65.3 Å². The van der Waals surface area contributed by atoms with Gasteiger partial charge in [0.05, 0.1) is 24.9 Å². The standard InChI is InChI=1S/C38H49N3O6/c1-26-35(24-41-21-19-33(44)23-41)46-38(47-37(26)30-13-11-28(25-42)12-14-30)31-17-15-29(16-18-31)34-9-6-5-8-32(34)22-40-36(45)10-4-3-7-20-39-27(2)43/h5-6,8-9,11-18,26,33,35,37-38,42,44H,3-4,7,10,19-25H2,1-2H3,(H,39,43)(H,40,45)/t26-,33+,35+,37+,38+/m1/s1. The molecule has 47 heavy (non-hydrogen) atoms. The molecule has 2 aliphatic rings. The molecule has 252 valence electrons. The molecule has 5 atom stereocenters. The number of carbonyl (C=O) groups excluding carboxylic acids is 2. The molecule has 2 heterocycles. The third kappa shape index (κ3) is 9.72. The minimum Gasteiger partial charge on any atom is -0.392 e. The number of unbranched alkanes of at least 4 members (excludes halogenated alkanes) is 2. The SMILES string of the molecule is CC(=O)NCCCCCC(=O)NCc1ccccc1-c1ccc([C@H]2O[C@@H](CN3CC[C@H](O)C3)[C@@H](C)[C@@H](c3ccc(CO)cc3)O2)cc1. The van der Waals surface area contributed by atoms with E-state index in [1.54, 1.807) is 0 Å². The number of aliphatic hydroxyl groups is 2. The number of carbonyl (C=O) groups is 2. The van der Waals surface area contributed by atoms with Gasteiger partial charge in [0.2, 0.25) is 11.8 Å². The fraction of sp³-hybridized carbons (Fsp3) is 0.474. The first kappa shape index (κ1) is 34.7. The Morgan fingerprint density at radius 2 is 1.66 bits per heavy atom. The first-order chi connectivity index (χ1) is 22.8. The fourth-order valence-electron chi connectivity index (χ4n) is 6.47. The highest BCUT2D eigenvalue weighted by molar-refractivity contribution is 5.76. The van der Waals surface area contributed by atoms with Gasteiger partial charge in [-0.3, -0.25) is 14.5 Å². The number of nitrogens with one attached hydrogen (secondary N) is 2. The van der Waals surface area contributed by atoms with Crippen LogP contribution in [-0.2, 0) is 32.2 Å². The normalized spacial score (nSPS) is 23.0. The lowest BCUT2D eigenvalue weighted by atomic mass is 9.90. The zero-order valence-corrected chi connectivity index (χ0v) is 27.6. The Bertz CT molecular complexity index is 1450. The molecule has 4 N–H and O–H groups in total. The van der Waals surface area contributed by atoms with Gasteiger partial charge >= 0.3 is 0 Å². The molecule has 0 unspecified atom stereocenters. The van der Waals surface area contributed by atoms with Crippen LogP contribution in [0.3, 0.4) is 0 Å². The van der Waals surface area contributed by atoms with Gasteiger partial charge in [0.25, 0.3) is 0 Å². The summed E-state index contributed by atoms with van der Waals surface area (Å²) in [5.41, 5.74) is 5.97. The summed E-state index contributed by atoms with van der Waals surface area (Å²) in [5, 5.41) is 25.5. The van der Waals surface area contributed by atoms with Gasteiger partial charge < -0.3 is 30.3 Å². The van der Waals surface area contributed by atoms with E-state index < -0.39 is 6.29 Å². The van der Waals surface area contributed by atoms with Crippen molar-refractivity contribution in [2.24, 2.45) is 5.92 Å². The van der Waals surface area contributed by atoms with Crippen molar-refractivity contribution in [1.29, 1.82) is 0 Å². The maximum absolute atomic E-state index is 12.5. The average Bonchev–Trinajstić information content (AvgIpc) is 3.50. The van der Waals surface area contributed by atoms with Crippen molar-refractivity contribution in [1.82, 2.24) is 15.5 Å². The molecule has 0 spiro atoms. The van der Waals surface area contributed by atoms with Crippen LogP contribution in [0.4, 0.5) is 0 Å². The summed E-state index contributed by atoms with van der Waals surface area (Å²) in [6.45, 7) is 6.98. The van der Waals surface area contributed by atoms with Crippen LogP contribution in [0.15, 0.2) is 72.8 Å². The monoisotopic (exact) mass is 643 g/mol. The first-order valence-electron chi connectivity index (χ1n) is 16.9. The van der Waals surface area contributed by atoms with Crippen molar-refractivity contribution in [3.05, 3.63) is 95.1 Å². The summed E-state index contributed by atoms with van der Waals surface area (Å²) < 4.78 is 13.3. The second kappa shape index (κ2) is 17.0. The van der Waals surface area contributed by atoms with Gasteiger partial charge in [-0.1, -0.05) is 86.1 Å². The predicted octanol–water partition coefficient (Wildman–Crippen LogP) is 5.02. The van der Waals surface area contributed by atoms with Gasteiger partial charge in [0, 0.05) is 57.5 Å². The minimum absolute atomic E-state index is 0.00300. The van der Waals surface area contributed by atoms with Crippen LogP contribution in [0.25, 0.3) is 11.1 Å². The van der Waals surface area contributed by atoms with E-state index in [9.17, 15) is 19.8 Å². The molecule has 9 heteroatoms. The molecule has 2 amide bonds. The van der Waals surface area contributed by atoms with Crippen molar-refractivity contribution in [3.8, 4) is 11.1 Å². The highest BCUT2D eigenvalue weighted by Gasteiger charge is 2.39. The maximum atomic E-state index is 12.5. The van der Waals surface area contributed by atoms with Crippen LogP contribution < -0.4 is 10.6 Å². The van der Waals surface area contributed by atoms with Gasteiger partial charge in [-0.25, -0.2) is 0 Å². The molecule has 2 fully saturated rings. The van der Waals surface area contributed by atoms with E-state index in [4.69, 9.17) is 9.47 Å². The van der Waals surface area contributed by atoms with Gasteiger partial charge in [-0.15, -0.1) is 0 Å². The summed E-state index contributed by atoms with van der Waals surface area (Å²) in [5.74, 6) is 0.0726. The molecular weight excluding hydrogens is 594 g/mol. The van der Waals surface area contributed by atoms with Crippen molar-refractivity contribution < 1.29 is 29.3 Å². The maximum Gasteiger partial charge on any atom is 0.220 e. The first-order valence-corrected chi connectivity index (χ1v) is 16.9. The smallest absolute Gasteiger partial charge is 0.220 e. The lowest BCUT2D eigenvalue weighted by Gasteiger charge is -2.42. The number of likely N-dealkylation sites (tertiary alicyclic amines) is 1. The number of rotatable bonds is 14. The topological polar surface area (TPSA) is 120 Å². The summed E-state index contributed by atoms with van der Waals surface area (Å²) in [4.78, 5) is 25.8. The van der Waals surface area contributed by atoms with E-state index in [1.165, 1.54) is 6.92 Å². The van der Waals surface area contributed by atoms with Gasteiger partial charge in [-0.05, 0) is 47.1 Å². The Labute approximate surface area is 278 Å². The van der Waals surface area contributed by atoms with E-state index >= 15 is 0 Å². The van der Waals surface area contributed by atoms with Crippen molar-refractivity contribution in [2.75, 3.05) is 26.2 Å². The van der Waals surface area contributed by atoms with E-state index in [1.807, 2.05) is 42.5 Å². The number of β-amino-alcohol motifs (C(OH)–C–C–N with tert-alkyl or cyclic N) is 1. The quantitative estimate of drug-likeness (QED) is 0.182. The second-order valence-corrected chi connectivity index (χ2v) is 12.9. The number of ether oxygens (including phenoxy) is 2. The number of benzene rings is 3. The van der Waals surface area contributed by atoms with Gasteiger partial charge in [-0.2, -0.15) is 0 Å². The number of hydrogen-bond acceptors (Lipinski definition) is 7. The van der Waals surface area contributed by atoms with E-state index in [2.05, 4.69) is 52.8 Å². The van der Waals surface area contributed by atoms with Crippen molar-refractivity contribution in [2.45, 2.75) is 83.7 Å². The Balaban J connectivity index is 1.24. The molecule has 3 aromatic rings. The largest absolute Gasteiger partial charge is 0.392 e. The Hall–Kier alpha value is -3.60. The molecule has 2 saturated heterocycles. The zero-order valence-electron chi connectivity index (χ0n) is 27.6. The molecule has 0 radical (unpaired) electrons. The summed E-state index contributed by atoms with van der Waals surface area (Å²) in [6, 6.07) is 24.3. The Morgan fingerprint density at radius 3 is 2.36 bits per heavy atom. The number of hydrogen-bond donors (Lipinski definition) is 4. The minimum atomic E-state index is -0.562. The summed E-state index contributed by atoms with van der Waals surface area (Å²) >= 11 is 0. The van der Waals surface area contributed by atoms with Crippen LogP contribution in [0, 0.1) is 5.92 Å². The highest BCUT2D eigenvalue weighted by Crippen LogP contribution is 2.42. The predicted molar refractivity (Wildman–Crippen MR) is 181 cm³/mol. The zero-order chi connectivity index (χ0) is 33.2. The number of amides is 2. The molecule has 9 nitrogen and oxygen atoms in total. The molecule has 0 aromatic heterocycles. The summed E-state index contributed by atoms with van der Waals surface area (Å²) in [7, 11) is 0. The molecule has 3 aromatic carbocycles. The van der Waals surface area contributed by atoms with E-state index in [-0.39, 0.29) is 42.7 Å². The van der Waals surface area contributed by atoms with Crippen LogP contribution in [0.5, 0.6) is 0 Å². The van der Waals surface area contributed by atoms with E-state index in [0.29, 0.717) is 26.1 Å². The fourth-order valence-corrected chi connectivity index (χ4v) is 6.47. The van der Waals surface area contributed by atoms with E-state index in [0.717, 1.165) is 72.2 Å². The van der Waals surface area contributed by atoms with Crippen LogP contribution in [0.2, 0.25) is 0 Å². The molecule has 0 aliphatic carbocycles. The molecule has 0 saturated carbocycles. The van der Waals surface area contributed by atoms with Crippen molar-refractivity contribution in [3.63, 3.8) is 0 Å². The molecule has 2 aliphatic heterocycles. The summed E-state index contributed by atoms with van der Waals surface area (Å²) in [6.07, 6.45) is 2.64. The Morgan fingerprint density at radius 1 is 0.915 bits per heavy atom. The van der Waals surface area contributed by atoms with Gasteiger partial charge in [0.15, 0.2) is 6.29 Å². The molecule has 5 rings (SSSR count). The second-order valence-electron chi connectivity index (χ2n) is 12.9. The average molecular weight is 644 g/mol. The third-order valence-electron chi connectivity index (χ3n) is 9.25. The number of nitrogens with zero attached hydrogens (tertiary/aromatic N) is 1. The van der Waals surface area contributed by atoms with Gasteiger partial charge in [0.1, 0.15) is 0 Å². The third-order valence-corrected chi connectivity index (χ3v) is 9.25. The Kier molecular flexibility index (Phi) is 12.6. The highest BCUT2D eigenvalue weighted by atomic mass is 16.7. The van der Waals surface area contributed by atoms with Crippen LogP contribution in [0.1, 0.15) is 80.6 Å².